The molecule has 1 aromatic carbocycles. The van der Waals surface area contributed by atoms with Gasteiger partial charge in [-0.05, 0) is 51.0 Å². The Labute approximate surface area is 112 Å². The first-order chi connectivity index (χ1) is 8.94. The molecule has 2 N–H and O–H groups in total. The summed E-state index contributed by atoms with van der Waals surface area (Å²) < 4.78 is 18.3. The number of rotatable bonds is 2. The quantitative estimate of drug-likeness (QED) is 0.864. The van der Waals surface area contributed by atoms with Gasteiger partial charge in [-0.2, -0.15) is 0 Å². The molecule has 2 amide bonds. The zero-order valence-electron chi connectivity index (χ0n) is 11.2. The van der Waals surface area contributed by atoms with E-state index in [0.29, 0.717) is 12.3 Å². The maximum Gasteiger partial charge on any atom is 0.319 e. The van der Waals surface area contributed by atoms with Gasteiger partial charge in [0, 0.05) is 18.3 Å². The Balaban J connectivity index is 1.85. The first-order valence-corrected chi connectivity index (χ1v) is 6.42. The molecular formula is C14H19FN2O2. The van der Waals surface area contributed by atoms with Crippen LogP contribution in [0.2, 0.25) is 0 Å². The molecule has 1 saturated heterocycles. The van der Waals surface area contributed by atoms with Crippen LogP contribution in [-0.2, 0) is 4.74 Å². The van der Waals surface area contributed by atoms with Gasteiger partial charge < -0.3 is 15.4 Å². The van der Waals surface area contributed by atoms with E-state index in [9.17, 15) is 9.18 Å². The summed E-state index contributed by atoms with van der Waals surface area (Å²) in [4.78, 5) is 11.8. The van der Waals surface area contributed by atoms with Gasteiger partial charge in [0.15, 0.2) is 0 Å². The lowest BCUT2D eigenvalue weighted by atomic mass is 9.94. The van der Waals surface area contributed by atoms with Crippen LogP contribution in [0.25, 0.3) is 0 Å². The number of anilines is 1. The smallest absolute Gasteiger partial charge is 0.319 e. The second-order valence-electron chi connectivity index (χ2n) is 5.40. The number of benzene rings is 1. The van der Waals surface area contributed by atoms with E-state index in [1.165, 1.54) is 24.3 Å². The molecule has 1 fully saturated rings. The van der Waals surface area contributed by atoms with Crippen LogP contribution >= 0.6 is 0 Å². The van der Waals surface area contributed by atoms with Crippen LogP contribution < -0.4 is 10.6 Å². The van der Waals surface area contributed by atoms with Gasteiger partial charge >= 0.3 is 6.03 Å². The molecule has 1 aliphatic rings. The van der Waals surface area contributed by atoms with Gasteiger partial charge in [-0.3, -0.25) is 0 Å². The molecule has 1 atom stereocenters. The molecule has 0 saturated carbocycles. The molecule has 2 rings (SSSR count). The van der Waals surface area contributed by atoms with Crippen LogP contribution in [0.15, 0.2) is 24.3 Å². The largest absolute Gasteiger partial charge is 0.375 e. The summed E-state index contributed by atoms with van der Waals surface area (Å²) in [6.45, 7) is 4.67. The minimum atomic E-state index is -0.322. The molecule has 1 aliphatic heterocycles. The number of carbonyl (C=O) groups is 1. The molecule has 4 nitrogen and oxygen atoms in total. The molecule has 1 aromatic rings. The van der Waals surface area contributed by atoms with Crippen LogP contribution in [0.4, 0.5) is 14.9 Å². The van der Waals surface area contributed by atoms with Crippen molar-refractivity contribution in [3.05, 3.63) is 30.1 Å². The van der Waals surface area contributed by atoms with Crippen molar-refractivity contribution >= 4 is 11.7 Å². The Hall–Kier alpha value is -1.62. The standard InChI is InChI=1S/C14H19FN2O2/c1-14(2)9-12(7-8-19-14)17-13(18)16-11-5-3-10(15)4-6-11/h3-6,12H,7-9H2,1-2H3,(H2,16,17,18). The Morgan fingerprint density at radius 2 is 2.05 bits per heavy atom. The van der Waals surface area contributed by atoms with Gasteiger partial charge in [0.1, 0.15) is 5.82 Å². The maximum absolute atomic E-state index is 12.7. The van der Waals surface area contributed by atoms with Crippen molar-refractivity contribution in [1.82, 2.24) is 5.32 Å². The highest BCUT2D eigenvalue weighted by molar-refractivity contribution is 5.89. The number of halogens is 1. The van der Waals surface area contributed by atoms with Crippen LogP contribution in [0.5, 0.6) is 0 Å². The number of hydrogen-bond acceptors (Lipinski definition) is 2. The molecule has 5 heteroatoms. The van der Waals surface area contributed by atoms with Gasteiger partial charge in [-0.1, -0.05) is 0 Å². The third-order valence-electron chi connectivity index (χ3n) is 3.13. The van der Waals surface area contributed by atoms with E-state index < -0.39 is 0 Å². The van der Waals surface area contributed by atoms with Crippen LogP contribution in [0.3, 0.4) is 0 Å². The van der Waals surface area contributed by atoms with Crippen LogP contribution in [-0.4, -0.2) is 24.3 Å². The predicted molar refractivity (Wildman–Crippen MR) is 71.6 cm³/mol. The molecule has 0 radical (unpaired) electrons. The summed E-state index contributed by atoms with van der Waals surface area (Å²) in [5.41, 5.74) is 0.372. The summed E-state index contributed by atoms with van der Waals surface area (Å²) in [6, 6.07) is 5.52. The van der Waals surface area contributed by atoms with E-state index in [1.807, 2.05) is 13.8 Å². The Kier molecular flexibility index (Phi) is 4.04. The van der Waals surface area contributed by atoms with E-state index in [2.05, 4.69) is 10.6 Å². The van der Waals surface area contributed by atoms with Crippen molar-refractivity contribution < 1.29 is 13.9 Å². The minimum Gasteiger partial charge on any atom is -0.375 e. The Morgan fingerprint density at radius 1 is 1.37 bits per heavy atom. The summed E-state index contributed by atoms with van der Waals surface area (Å²) >= 11 is 0. The van der Waals surface area contributed by atoms with Crippen molar-refractivity contribution in [2.75, 3.05) is 11.9 Å². The van der Waals surface area contributed by atoms with Crippen molar-refractivity contribution in [1.29, 1.82) is 0 Å². The summed E-state index contributed by atoms with van der Waals surface area (Å²) in [7, 11) is 0. The minimum absolute atomic E-state index is 0.101. The Morgan fingerprint density at radius 3 is 2.68 bits per heavy atom. The fraction of sp³-hybridized carbons (Fsp3) is 0.500. The SMILES string of the molecule is CC1(C)CC(NC(=O)Nc2ccc(F)cc2)CCO1. The van der Waals surface area contributed by atoms with E-state index in [1.54, 1.807) is 0 Å². The average molecular weight is 266 g/mol. The molecular weight excluding hydrogens is 247 g/mol. The van der Waals surface area contributed by atoms with E-state index in [-0.39, 0.29) is 23.5 Å². The third-order valence-corrected chi connectivity index (χ3v) is 3.13. The van der Waals surface area contributed by atoms with Crippen molar-refractivity contribution in [2.24, 2.45) is 0 Å². The Bertz CT molecular complexity index is 445. The fourth-order valence-corrected chi connectivity index (χ4v) is 2.24. The molecule has 0 aromatic heterocycles. The lowest BCUT2D eigenvalue weighted by Crippen LogP contribution is -2.47. The predicted octanol–water partition coefficient (Wildman–Crippen LogP) is 2.90. The summed E-state index contributed by atoms with van der Waals surface area (Å²) in [5.74, 6) is -0.322. The van der Waals surface area contributed by atoms with Crippen molar-refractivity contribution in [2.45, 2.75) is 38.3 Å². The molecule has 0 bridgehead atoms. The van der Waals surface area contributed by atoms with Crippen molar-refractivity contribution in [3.63, 3.8) is 0 Å². The fourth-order valence-electron chi connectivity index (χ4n) is 2.24. The highest BCUT2D eigenvalue weighted by Gasteiger charge is 2.29. The van der Waals surface area contributed by atoms with Gasteiger partial charge in [-0.25, -0.2) is 9.18 Å². The monoisotopic (exact) mass is 266 g/mol. The van der Waals surface area contributed by atoms with Gasteiger partial charge in [0.05, 0.1) is 5.60 Å². The molecule has 1 heterocycles. The van der Waals surface area contributed by atoms with Gasteiger partial charge in [0.2, 0.25) is 0 Å². The number of amides is 2. The van der Waals surface area contributed by atoms with Gasteiger partial charge in [-0.15, -0.1) is 0 Å². The summed E-state index contributed by atoms with van der Waals surface area (Å²) in [6.07, 6.45) is 1.59. The van der Waals surface area contributed by atoms with E-state index in [0.717, 1.165) is 12.8 Å². The third kappa shape index (κ3) is 4.21. The molecule has 0 spiro atoms. The second-order valence-corrected chi connectivity index (χ2v) is 5.40. The number of urea groups is 1. The zero-order chi connectivity index (χ0) is 13.9. The highest BCUT2D eigenvalue weighted by Crippen LogP contribution is 2.23. The van der Waals surface area contributed by atoms with Crippen LogP contribution in [0.1, 0.15) is 26.7 Å². The van der Waals surface area contributed by atoms with Crippen molar-refractivity contribution in [3.8, 4) is 0 Å². The second kappa shape index (κ2) is 5.57. The van der Waals surface area contributed by atoms with Gasteiger partial charge in [0.25, 0.3) is 0 Å². The first-order valence-electron chi connectivity index (χ1n) is 6.42. The van der Waals surface area contributed by atoms with Crippen LogP contribution in [0, 0.1) is 5.82 Å². The zero-order valence-corrected chi connectivity index (χ0v) is 11.2. The molecule has 104 valence electrons. The maximum atomic E-state index is 12.7. The lowest BCUT2D eigenvalue weighted by Gasteiger charge is -2.35. The summed E-state index contributed by atoms with van der Waals surface area (Å²) in [5, 5.41) is 5.60. The number of carbonyl (C=O) groups excluding carboxylic acids is 1. The topological polar surface area (TPSA) is 50.4 Å². The number of hydrogen-bond donors (Lipinski definition) is 2. The number of nitrogens with one attached hydrogen (secondary N) is 2. The molecule has 1 unspecified atom stereocenters. The molecule has 0 aliphatic carbocycles. The average Bonchev–Trinajstić information content (AvgIpc) is 2.30. The van der Waals surface area contributed by atoms with E-state index in [4.69, 9.17) is 4.74 Å². The normalized spacial score (nSPS) is 21.7. The first kappa shape index (κ1) is 13.8. The molecule has 19 heavy (non-hydrogen) atoms. The van der Waals surface area contributed by atoms with E-state index >= 15 is 0 Å². The highest BCUT2D eigenvalue weighted by atomic mass is 19.1. The number of ether oxygens (including phenoxy) is 1. The lowest BCUT2D eigenvalue weighted by molar-refractivity contribution is -0.0609.